The fourth-order valence-electron chi connectivity index (χ4n) is 7.26. The lowest BCUT2D eigenvalue weighted by Gasteiger charge is -2.38. The van der Waals surface area contributed by atoms with Crippen molar-refractivity contribution in [2.24, 2.45) is 11.8 Å². The minimum Gasteiger partial charge on any atom is -0.461 e. The van der Waals surface area contributed by atoms with Crippen LogP contribution in [-0.4, -0.2) is 90.1 Å². The first-order valence-electron chi connectivity index (χ1n) is 18.8. The van der Waals surface area contributed by atoms with Crippen LogP contribution in [0.5, 0.6) is 0 Å². The lowest BCUT2D eigenvalue weighted by molar-refractivity contribution is -0.143. The van der Waals surface area contributed by atoms with Gasteiger partial charge in [-0.05, 0) is 56.9 Å². The number of sulfone groups is 2. The maximum atomic E-state index is 12.9. The minimum atomic E-state index is -3.57. The molecule has 4 aromatic rings. The summed E-state index contributed by atoms with van der Waals surface area (Å²) in [5.74, 6) is 1.06. The van der Waals surface area contributed by atoms with Gasteiger partial charge in [-0.15, -0.1) is 0 Å². The zero-order chi connectivity index (χ0) is 42.4. The van der Waals surface area contributed by atoms with Gasteiger partial charge in [-0.25, -0.2) is 31.6 Å². The summed E-state index contributed by atoms with van der Waals surface area (Å²) in [5, 5.41) is 3.46. The third kappa shape index (κ3) is 10.2. The number of ether oxygens (including phenoxy) is 3. The van der Waals surface area contributed by atoms with Crippen LogP contribution in [0.15, 0.2) is 34.1 Å². The second-order valence-electron chi connectivity index (χ2n) is 16.3. The molecule has 320 valence electrons. The van der Waals surface area contributed by atoms with Crippen molar-refractivity contribution in [3.63, 3.8) is 0 Å². The molecule has 58 heavy (non-hydrogen) atoms. The van der Waals surface area contributed by atoms with Crippen LogP contribution in [0, 0.1) is 11.8 Å². The molecule has 2 atom stereocenters. The third-order valence-corrected chi connectivity index (χ3v) is 12.0. The number of benzene rings is 2. The van der Waals surface area contributed by atoms with Gasteiger partial charge in [0.15, 0.2) is 19.7 Å². The molecular formula is C40H58N6O10S2. The first-order chi connectivity index (χ1) is 26.4. The van der Waals surface area contributed by atoms with Gasteiger partial charge in [-0.3, -0.25) is 14.5 Å². The molecule has 1 N–H and O–H groups in total. The van der Waals surface area contributed by atoms with E-state index in [1.165, 1.54) is 13.8 Å². The van der Waals surface area contributed by atoms with E-state index in [-0.39, 0.29) is 48.4 Å². The second-order valence-corrected chi connectivity index (χ2v) is 20.3. The molecule has 0 spiro atoms. The number of fused-ring (bicyclic) bond motifs is 6. The van der Waals surface area contributed by atoms with Gasteiger partial charge in [-0.2, -0.15) is 0 Å². The van der Waals surface area contributed by atoms with Crippen LogP contribution in [0.1, 0.15) is 105 Å². The molecule has 4 heterocycles. The molecule has 0 radical (unpaired) electrons. The minimum absolute atomic E-state index is 0. The van der Waals surface area contributed by atoms with Crippen LogP contribution in [0.3, 0.4) is 0 Å². The summed E-state index contributed by atoms with van der Waals surface area (Å²) < 4.78 is 69.1. The average molecular weight is 847 g/mol. The number of nitrogens with one attached hydrogen (secondary N) is 1. The molecule has 0 fully saturated rings. The predicted molar refractivity (Wildman–Crippen MR) is 219 cm³/mol. The van der Waals surface area contributed by atoms with Crippen LogP contribution in [0.2, 0.25) is 0 Å². The van der Waals surface area contributed by atoms with Crippen LogP contribution < -0.4 is 5.32 Å². The van der Waals surface area contributed by atoms with Crippen LogP contribution >= 0.6 is 0 Å². The largest absolute Gasteiger partial charge is 0.461 e. The molecule has 0 bridgehead atoms. The molecule has 0 saturated carbocycles. The maximum absolute atomic E-state index is 12.9. The SMILES string of the molecule is C.CC(=O)OCc1cc2nc3n(c2cc1S(C)(=O)=O)CCN(C(=O)OC(C)(C)C)[C@@H]3C(C)C.CC(=O)OCc1cc2nc3n(c2cc1S(C)(=O)=O)CCN[C@@H]3C(C)C. The number of carbonyl (C=O) groups excluding carboxylic acids is 3. The number of hydrogen-bond donors (Lipinski definition) is 1. The highest BCUT2D eigenvalue weighted by molar-refractivity contribution is 7.91. The Bertz CT molecular complexity index is 2430. The summed E-state index contributed by atoms with van der Waals surface area (Å²) in [6.45, 7) is 18.5. The fourth-order valence-corrected chi connectivity index (χ4v) is 9.10. The van der Waals surface area contributed by atoms with Crippen LogP contribution in [0.4, 0.5) is 4.79 Å². The first-order valence-corrected chi connectivity index (χ1v) is 22.6. The highest BCUT2D eigenvalue weighted by atomic mass is 32.2. The van der Waals surface area contributed by atoms with E-state index in [4.69, 9.17) is 24.2 Å². The van der Waals surface area contributed by atoms with Crippen molar-refractivity contribution in [3.05, 3.63) is 47.0 Å². The number of rotatable bonds is 8. The number of nitrogens with zero attached hydrogens (tertiary/aromatic N) is 5. The van der Waals surface area contributed by atoms with Gasteiger partial charge >= 0.3 is 18.0 Å². The molecule has 0 unspecified atom stereocenters. The van der Waals surface area contributed by atoms with E-state index in [0.717, 1.165) is 42.5 Å². The Morgan fingerprint density at radius 3 is 1.64 bits per heavy atom. The Morgan fingerprint density at radius 1 is 0.759 bits per heavy atom. The summed E-state index contributed by atoms with van der Waals surface area (Å²) in [4.78, 5) is 46.8. The van der Waals surface area contributed by atoms with Crippen molar-refractivity contribution in [2.45, 2.75) is 124 Å². The molecule has 16 nitrogen and oxygen atoms in total. The summed E-state index contributed by atoms with van der Waals surface area (Å²) in [6.07, 6.45) is 1.89. The number of aromatic nitrogens is 4. The van der Waals surface area contributed by atoms with E-state index < -0.39 is 43.3 Å². The highest BCUT2D eigenvalue weighted by Gasteiger charge is 2.38. The van der Waals surface area contributed by atoms with Crippen LogP contribution in [-0.2, 0) is 69.8 Å². The predicted octanol–water partition coefficient (Wildman–Crippen LogP) is 5.89. The summed E-state index contributed by atoms with van der Waals surface area (Å²) in [5.41, 5.74) is 2.98. The molecule has 2 aliphatic heterocycles. The summed E-state index contributed by atoms with van der Waals surface area (Å²) in [6, 6.07) is 6.40. The number of esters is 2. The van der Waals surface area contributed by atoms with E-state index in [1.807, 2.05) is 39.2 Å². The summed E-state index contributed by atoms with van der Waals surface area (Å²) in [7, 11) is -7.02. The Balaban J connectivity index is 0.000000259. The molecular weight excluding hydrogens is 789 g/mol. The fraction of sp³-hybridized carbons (Fsp3) is 0.575. The topological polar surface area (TPSA) is 198 Å². The van der Waals surface area contributed by atoms with Crippen molar-refractivity contribution in [2.75, 3.05) is 25.6 Å². The molecule has 2 aromatic carbocycles. The number of carbonyl (C=O) groups is 3. The normalized spacial score (nSPS) is 16.9. The number of amides is 1. The molecule has 0 saturated heterocycles. The van der Waals surface area contributed by atoms with Gasteiger partial charge in [0.2, 0.25) is 0 Å². The summed E-state index contributed by atoms with van der Waals surface area (Å²) >= 11 is 0. The van der Waals surface area contributed by atoms with Gasteiger partial charge in [0.05, 0.1) is 43.9 Å². The van der Waals surface area contributed by atoms with E-state index in [9.17, 15) is 31.2 Å². The lowest BCUT2D eigenvalue weighted by Crippen LogP contribution is -2.46. The molecule has 1 amide bonds. The van der Waals surface area contributed by atoms with Gasteiger partial charge in [0, 0.05) is 63.7 Å². The Hall–Kier alpha value is -4.55. The molecule has 2 aromatic heterocycles. The van der Waals surface area contributed by atoms with E-state index >= 15 is 0 Å². The number of hydrogen-bond acceptors (Lipinski definition) is 13. The van der Waals surface area contributed by atoms with Gasteiger partial charge in [0.25, 0.3) is 0 Å². The monoisotopic (exact) mass is 846 g/mol. The van der Waals surface area contributed by atoms with E-state index in [0.29, 0.717) is 47.0 Å². The number of imidazole rings is 2. The van der Waals surface area contributed by atoms with Crippen molar-refractivity contribution < 1.29 is 45.4 Å². The Morgan fingerprint density at radius 2 is 1.22 bits per heavy atom. The van der Waals surface area contributed by atoms with Gasteiger partial charge < -0.3 is 28.7 Å². The van der Waals surface area contributed by atoms with E-state index in [2.05, 4.69) is 23.7 Å². The molecule has 18 heteroatoms. The zero-order valence-corrected chi connectivity index (χ0v) is 36.1. The smallest absolute Gasteiger partial charge is 0.410 e. The average Bonchev–Trinajstić information content (AvgIpc) is 3.64. The van der Waals surface area contributed by atoms with Gasteiger partial charge in [-0.1, -0.05) is 35.1 Å². The molecule has 2 aliphatic rings. The lowest BCUT2D eigenvalue weighted by atomic mass is 10.0. The Labute approximate surface area is 341 Å². The molecule has 6 rings (SSSR count). The van der Waals surface area contributed by atoms with Gasteiger partial charge in [0.1, 0.15) is 30.5 Å². The first kappa shape index (κ1) is 46.1. The molecule has 0 aliphatic carbocycles. The second kappa shape index (κ2) is 17.4. The van der Waals surface area contributed by atoms with E-state index in [1.54, 1.807) is 29.2 Å². The zero-order valence-electron chi connectivity index (χ0n) is 34.5. The third-order valence-electron chi connectivity index (χ3n) is 9.65. The van der Waals surface area contributed by atoms with Crippen molar-refractivity contribution >= 4 is 59.8 Å². The van der Waals surface area contributed by atoms with Crippen LogP contribution in [0.25, 0.3) is 22.1 Å². The highest BCUT2D eigenvalue weighted by Crippen LogP contribution is 2.37. The van der Waals surface area contributed by atoms with Crippen molar-refractivity contribution in [1.82, 2.24) is 29.3 Å². The van der Waals surface area contributed by atoms with Crippen molar-refractivity contribution in [1.29, 1.82) is 0 Å². The maximum Gasteiger partial charge on any atom is 0.410 e. The quantitative estimate of drug-likeness (QED) is 0.163. The Kier molecular flexibility index (Phi) is 13.8. The van der Waals surface area contributed by atoms with Crippen molar-refractivity contribution in [3.8, 4) is 0 Å². The standard InChI is InChI=1S/C22H31N3O6S.C17H23N3O4S.CH4/c1-13(2)19-20-23-16-10-15(12-30-14(3)26)18(32(7,28)29)11-17(16)24(20)8-9-25(19)21(27)31-22(4,5)6;1-10(2)16-17-19-13-7-12(9-24-11(3)21)15(25(4,22)23)8-14(13)20(17)6-5-18-16;/h10-11,13,19H,8-9,12H2,1-7H3;7-8,10,16,18H,5-6,9H2,1-4H3;1H4/t19-;16-;/m11./s1.